The number of phosphoric ester groups is 2. The van der Waals surface area contributed by atoms with Crippen LogP contribution in [-0.2, 0) is 47.5 Å². The summed E-state index contributed by atoms with van der Waals surface area (Å²) in [5.74, 6) is 1.16. The SMILES string of the molecule is CCCCCCCCCc1ccc(OP(=O)([O-])OCC(CC)CCCC)cc1.CCCCCCCCCc1ccc(OP(=O)([O-])OCC(CC)CCCC)cc1.[Ni+2]. The van der Waals surface area contributed by atoms with E-state index in [1.807, 2.05) is 24.3 Å². The van der Waals surface area contributed by atoms with Gasteiger partial charge in [0.25, 0.3) is 0 Å². The smallest absolute Gasteiger partial charge is 0.746 e. The van der Waals surface area contributed by atoms with Gasteiger partial charge in [0.15, 0.2) is 0 Å². The van der Waals surface area contributed by atoms with E-state index in [2.05, 4.69) is 41.5 Å². The van der Waals surface area contributed by atoms with Gasteiger partial charge in [-0.2, -0.15) is 0 Å². The van der Waals surface area contributed by atoms with Crippen LogP contribution in [0.4, 0.5) is 0 Å². The van der Waals surface area contributed by atoms with E-state index in [0.717, 1.165) is 64.2 Å². The Labute approximate surface area is 359 Å². The normalized spacial score (nSPS) is 14.3. The van der Waals surface area contributed by atoms with Crippen molar-refractivity contribution in [1.29, 1.82) is 0 Å². The molecule has 0 heterocycles. The molecule has 0 amide bonds. The predicted molar refractivity (Wildman–Crippen MR) is 231 cm³/mol. The predicted octanol–water partition coefficient (Wildman–Crippen LogP) is 14.1. The third kappa shape index (κ3) is 30.5. The fourth-order valence-electron chi connectivity index (χ4n) is 6.51. The van der Waals surface area contributed by atoms with E-state index in [0.29, 0.717) is 11.5 Å². The molecule has 0 fully saturated rings. The van der Waals surface area contributed by atoms with Crippen LogP contribution in [0.3, 0.4) is 0 Å². The molecule has 0 saturated carbocycles. The monoisotopic (exact) mass is 880 g/mol. The third-order valence-electron chi connectivity index (χ3n) is 10.4. The molecule has 0 aliphatic rings. The summed E-state index contributed by atoms with van der Waals surface area (Å²) in [5.41, 5.74) is 2.43. The van der Waals surface area contributed by atoms with E-state index in [9.17, 15) is 18.9 Å². The molecule has 2 aromatic carbocycles. The molecule has 57 heavy (non-hydrogen) atoms. The molecule has 4 atom stereocenters. The third-order valence-corrected chi connectivity index (χ3v) is 12.2. The number of aryl methyl sites for hydroxylation is 2. The van der Waals surface area contributed by atoms with Crippen molar-refractivity contribution in [3.05, 3.63) is 59.7 Å². The molecule has 0 aromatic heterocycles. The molecule has 0 radical (unpaired) electrons. The number of phosphoric acid groups is 2. The summed E-state index contributed by atoms with van der Waals surface area (Å²) in [6, 6.07) is 14.7. The van der Waals surface area contributed by atoms with Gasteiger partial charge >= 0.3 is 32.1 Å². The number of benzene rings is 2. The maximum atomic E-state index is 12.1. The van der Waals surface area contributed by atoms with Gasteiger partial charge in [0.2, 0.25) is 0 Å². The Balaban J connectivity index is 0.00000108. The molecule has 8 nitrogen and oxygen atoms in total. The van der Waals surface area contributed by atoms with Gasteiger partial charge in [-0.15, -0.1) is 0 Å². The van der Waals surface area contributed by atoms with E-state index in [1.54, 1.807) is 24.3 Å². The zero-order valence-electron chi connectivity index (χ0n) is 36.6. The molecule has 0 bridgehead atoms. The second-order valence-electron chi connectivity index (χ2n) is 15.5. The first kappa shape index (κ1) is 55.8. The van der Waals surface area contributed by atoms with Crippen LogP contribution in [0.1, 0.15) is 194 Å². The van der Waals surface area contributed by atoms with Crippen molar-refractivity contribution < 1.29 is 53.5 Å². The Morgan fingerprint density at radius 1 is 0.456 bits per heavy atom. The van der Waals surface area contributed by atoms with Crippen LogP contribution < -0.4 is 18.8 Å². The minimum absolute atomic E-state index is 0. The zero-order chi connectivity index (χ0) is 41.3. The Kier molecular flexibility index (Phi) is 34.8. The van der Waals surface area contributed by atoms with Crippen molar-refractivity contribution >= 4 is 15.6 Å². The van der Waals surface area contributed by atoms with Gasteiger partial charge in [-0.3, -0.25) is 9.13 Å². The van der Waals surface area contributed by atoms with E-state index in [-0.39, 0.29) is 41.5 Å². The van der Waals surface area contributed by atoms with Gasteiger partial charge in [-0.05, 0) is 85.8 Å². The van der Waals surface area contributed by atoms with Crippen LogP contribution in [0.5, 0.6) is 11.5 Å². The number of hydrogen-bond acceptors (Lipinski definition) is 8. The van der Waals surface area contributed by atoms with Crippen molar-refractivity contribution in [1.82, 2.24) is 0 Å². The molecular formula is C46H80NiO8P2. The first-order valence-electron chi connectivity index (χ1n) is 22.5. The van der Waals surface area contributed by atoms with Crippen molar-refractivity contribution in [3.8, 4) is 11.5 Å². The molecule has 332 valence electrons. The Morgan fingerprint density at radius 3 is 1.05 bits per heavy atom. The number of hydrogen-bond donors (Lipinski definition) is 0. The van der Waals surface area contributed by atoms with Crippen LogP contribution in [0.15, 0.2) is 48.5 Å². The van der Waals surface area contributed by atoms with E-state index in [4.69, 9.17) is 18.1 Å². The van der Waals surface area contributed by atoms with Gasteiger partial charge in [0.05, 0.1) is 13.2 Å². The van der Waals surface area contributed by atoms with Crippen molar-refractivity contribution in [2.45, 2.75) is 196 Å². The molecular weight excluding hydrogens is 801 g/mol. The minimum atomic E-state index is -4.32. The summed E-state index contributed by atoms with van der Waals surface area (Å²) in [6.07, 6.45) is 28.3. The average Bonchev–Trinajstić information content (AvgIpc) is 3.18. The Bertz CT molecular complexity index is 1190. The summed E-state index contributed by atoms with van der Waals surface area (Å²) in [6.45, 7) is 13.3. The van der Waals surface area contributed by atoms with Crippen molar-refractivity contribution in [2.75, 3.05) is 13.2 Å². The summed E-state index contributed by atoms with van der Waals surface area (Å²) >= 11 is 0. The fraction of sp³-hybridized carbons (Fsp3) is 0.739. The van der Waals surface area contributed by atoms with E-state index in [1.165, 1.54) is 101 Å². The molecule has 0 aliphatic carbocycles. The zero-order valence-corrected chi connectivity index (χ0v) is 39.4. The first-order valence-corrected chi connectivity index (χ1v) is 25.4. The number of unbranched alkanes of at least 4 members (excludes halogenated alkanes) is 14. The second-order valence-corrected chi connectivity index (χ2v) is 18.2. The first-order chi connectivity index (χ1) is 27.0. The van der Waals surface area contributed by atoms with Crippen molar-refractivity contribution in [3.63, 3.8) is 0 Å². The summed E-state index contributed by atoms with van der Waals surface area (Å²) in [7, 11) is -8.64. The summed E-state index contributed by atoms with van der Waals surface area (Å²) in [4.78, 5) is 24.2. The fourth-order valence-corrected chi connectivity index (χ4v) is 8.16. The maximum Gasteiger partial charge on any atom is 2.00 e. The van der Waals surface area contributed by atoms with Crippen LogP contribution in [0, 0.1) is 11.8 Å². The molecule has 0 spiro atoms. The molecule has 11 heteroatoms. The topological polar surface area (TPSA) is 117 Å². The van der Waals surface area contributed by atoms with E-state index < -0.39 is 15.6 Å². The molecule has 0 N–H and O–H groups in total. The van der Waals surface area contributed by atoms with Gasteiger partial charge in [-0.1, -0.05) is 181 Å². The molecule has 0 saturated heterocycles. The molecule has 0 aliphatic heterocycles. The van der Waals surface area contributed by atoms with Crippen LogP contribution in [0.25, 0.3) is 0 Å². The Hall–Kier alpha value is -1.17. The minimum Gasteiger partial charge on any atom is -0.746 e. The maximum absolute atomic E-state index is 12.1. The van der Waals surface area contributed by atoms with Crippen molar-refractivity contribution in [2.24, 2.45) is 11.8 Å². The standard InChI is InChI=1S/2C23H41O4P.Ni/c2*1-4-7-9-10-11-12-13-15-22-16-18-23(19-17-22)27-28(24,25)26-20-21(6-3)14-8-5-2;/h2*16-19,21H,4-15,20H2,1-3H3,(H,24,25);/q;;+2/p-2. The van der Waals surface area contributed by atoms with Crippen LogP contribution >= 0.6 is 15.6 Å². The average molecular weight is 882 g/mol. The molecule has 2 aromatic rings. The second kappa shape index (κ2) is 35.6. The Morgan fingerprint density at radius 2 is 0.754 bits per heavy atom. The van der Waals surface area contributed by atoms with Gasteiger partial charge in [0.1, 0.15) is 11.5 Å². The summed E-state index contributed by atoms with van der Waals surface area (Å²) < 4.78 is 44.6. The summed E-state index contributed by atoms with van der Waals surface area (Å²) in [5, 5.41) is 0. The van der Waals surface area contributed by atoms with Gasteiger partial charge in [-0.25, -0.2) is 0 Å². The largest absolute Gasteiger partial charge is 2.00 e. The van der Waals surface area contributed by atoms with Crippen LogP contribution in [0.2, 0.25) is 0 Å². The quantitative estimate of drug-likeness (QED) is 0.0387. The number of rotatable bonds is 34. The molecule has 2 rings (SSSR count). The van der Waals surface area contributed by atoms with Gasteiger partial charge in [0, 0.05) is 0 Å². The van der Waals surface area contributed by atoms with Crippen LogP contribution in [-0.4, -0.2) is 13.2 Å². The van der Waals surface area contributed by atoms with Gasteiger partial charge < -0.3 is 27.9 Å². The molecule has 4 unspecified atom stereocenters. The van der Waals surface area contributed by atoms with E-state index >= 15 is 0 Å².